The predicted octanol–water partition coefficient (Wildman–Crippen LogP) is 1.48. The molecule has 2 aliphatic rings. The van der Waals surface area contributed by atoms with Gasteiger partial charge in [0.1, 0.15) is 11.7 Å². The molecule has 8 heteroatoms. The van der Waals surface area contributed by atoms with Crippen LogP contribution in [0.25, 0.3) is 0 Å². The quantitative estimate of drug-likeness (QED) is 0.480. The number of anilines is 1. The Balaban J connectivity index is 1.72. The third kappa shape index (κ3) is 6.01. The average Bonchev–Trinajstić information content (AvgIpc) is 3.19. The maximum absolute atomic E-state index is 13.2. The van der Waals surface area contributed by atoms with Gasteiger partial charge in [-0.05, 0) is 45.1 Å². The number of para-hydroxylation sites is 1. The first-order valence-corrected chi connectivity index (χ1v) is 10.9. The lowest BCUT2D eigenvalue weighted by atomic mass is 10.0. The van der Waals surface area contributed by atoms with Crippen LogP contribution in [-0.2, 0) is 4.79 Å². The number of amides is 1. The van der Waals surface area contributed by atoms with Gasteiger partial charge in [-0.2, -0.15) is 0 Å². The van der Waals surface area contributed by atoms with Gasteiger partial charge < -0.3 is 30.7 Å². The van der Waals surface area contributed by atoms with E-state index >= 15 is 0 Å². The number of nitrogens with one attached hydrogen (secondary N) is 4. The fourth-order valence-corrected chi connectivity index (χ4v) is 4.10. The number of hydrogen-bond acceptors (Lipinski definition) is 6. The highest BCUT2D eigenvalue weighted by atomic mass is 16.2. The first-order chi connectivity index (χ1) is 15.0. The van der Waals surface area contributed by atoms with Gasteiger partial charge in [-0.3, -0.25) is 10.2 Å². The number of likely N-dealkylation sites (N-methyl/N-ethyl adjacent to an activating group) is 1. The van der Waals surface area contributed by atoms with Crippen LogP contribution < -0.4 is 16.0 Å². The number of hydrogen-bond donors (Lipinski definition) is 4. The highest BCUT2D eigenvalue weighted by Gasteiger charge is 2.30. The Kier molecular flexibility index (Phi) is 7.94. The number of likely N-dealkylation sites (tertiary alicyclic amines) is 1. The molecule has 31 heavy (non-hydrogen) atoms. The van der Waals surface area contributed by atoms with Crippen LogP contribution >= 0.6 is 0 Å². The lowest BCUT2D eigenvalue weighted by molar-refractivity contribution is -0.132. The van der Waals surface area contributed by atoms with Gasteiger partial charge in [-0.1, -0.05) is 18.2 Å². The molecular formula is C23H35N7O. The number of rotatable bonds is 9. The van der Waals surface area contributed by atoms with Gasteiger partial charge in [0.2, 0.25) is 5.91 Å². The minimum Gasteiger partial charge on any atom is -0.376 e. The van der Waals surface area contributed by atoms with Crippen molar-refractivity contribution < 1.29 is 4.79 Å². The van der Waals surface area contributed by atoms with Crippen molar-refractivity contribution in [2.45, 2.75) is 18.9 Å². The third-order valence-electron chi connectivity index (χ3n) is 5.72. The molecule has 168 valence electrons. The summed E-state index contributed by atoms with van der Waals surface area (Å²) in [6, 6.07) is 9.98. The number of carbonyl (C=O) groups excluding carboxylic acids is 1. The fraction of sp³-hybridized carbons (Fsp3) is 0.478. The summed E-state index contributed by atoms with van der Waals surface area (Å²) >= 11 is 0. The van der Waals surface area contributed by atoms with Crippen LogP contribution in [0.4, 0.5) is 5.69 Å². The summed E-state index contributed by atoms with van der Waals surface area (Å²) in [5.74, 6) is 1.46. The molecule has 1 unspecified atom stereocenters. The maximum atomic E-state index is 13.2. The first kappa shape index (κ1) is 22.7. The van der Waals surface area contributed by atoms with Crippen LogP contribution in [0.3, 0.4) is 0 Å². The second kappa shape index (κ2) is 10.9. The zero-order chi connectivity index (χ0) is 22.2. The van der Waals surface area contributed by atoms with Crippen molar-refractivity contribution in [2.75, 3.05) is 59.2 Å². The highest BCUT2D eigenvalue weighted by molar-refractivity contribution is 6.02. The van der Waals surface area contributed by atoms with Crippen LogP contribution in [0, 0.1) is 5.41 Å². The molecule has 0 radical (unpaired) electrons. The number of carbonyl (C=O) groups is 1. The molecule has 2 aliphatic heterocycles. The minimum absolute atomic E-state index is 0.117. The van der Waals surface area contributed by atoms with Crippen molar-refractivity contribution in [3.05, 3.63) is 54.0 Å². The molecule has 0 aliphatic carbocycles. The molecule has 1 fully saturated rings. The van der Waals surface area contributed by atoms with E-state index in [-0.39, 0.29) is 18.5 Å². The zero-order valence-corrected chi connectivity index (χ0v) is 18.8. The predicted molar refractivity (Wildman–Crippen MR) is 126 cm³/mol. The molecule has 0 aromatic heterocycles. The lowest BCUT2D eigenvalue weighted by Gasteiger charge is -2.41. The van der Waals surface area contributed by atoms with E-state index in [4.69, 9.17) is 5.41 Å². The molecule has 1 aromatic rings. The smallest absolute Gasteiger partial charge is 0.242 e. The number of benzene rings is 1. The monoisotopic (exact) mass is 425 g/mol. The number of amidine groups is 1. The van der Waals surface area contributed by atoms with Crippen molar-refractivity contribution in [2.24, 2.45) is 0 Å². The topological polar surface area (TPSA) is 86.7 Å². The summed E-state index contributed by atoms with van der Waals surface area (Å²) in [4.78, 5) is 19.6. The third-order valence-corrected chi connectivity index (χ3v) is 5.72. The normalized spacial score (nSPS) is 19.9. The lowest BCUT2D eigenvalue weighted by Crippen LogP contribution is -2.53. The van der Waals surface area contributed by atoms with Crippen molar-refractivity contribution in [1.82, 2.24) is 25.3 Å². The Morgan fingerprint density at radius 1 is 1.26 bits per heavy atom. The molecule has 0 bridgehead atoms. The minimum atomic E-state index is 0.117. The van der Waals surface area contributed by atoms with Gasteiger partial charge in [0.25, 0.3) is 0 Å². The molecule has 2 heterocycles. The Hall–Kier alpha value is -3.00. The van der Waals surface area contributed by atoms with E-state index in [1.165, 1.54) is 0 Å². The van der Waals surface area contributed by atoms with E-state index in [0.717, 1.165) is 49.6 Å². The van der Waals surface area contributed by atoms with Crippen molar-refractivity contribution in [3.63, 3.8) is 0 Å². The van der Waals surface area contributed by atoms with Gasteiger partial charge in [0.15, 0.2) is 0 Å². The van der Waals surface area contributed by atoms with E-state index in [1.54, 1.807) is 6.20 Å². The van der Waals surface area contributed by atoms with E-state index in [9.17, 15) is 4.79 Å². The van der Waals surface area contributed by atoms with Gasteiger partial charge in [0.05, 0.1) is 12.1 Å². The standard InChI is InChI=1S/C23H35N7O/c1-25-23(20-11-12-26-22(20)24)29-13-7-10-19(17-29)30(15-14-28(2)3)21(31)16-27-18-8-5-4-6-9-18/h4-6,8-9,11-12,19,25,27H,7,10,13-17H2,1-3H3,(H2,24,26)/b23-20+. The molecule has 1 aromatic carbocycles. The summed E-state index contributed by atoms with van der Waals surface area (Å²) in [6.07, 6.45) is 5.71. The SMILES string of the molecule is CN/C(=C1/C=CNC1=N)N1CCCC(N(CCN(C)C)C(=O)CNc2ccccc2)C1. The van der Waals surface area contributed by atoms with Gasteiger partial charge >= 0.3 is 0 Å². The van der Waals surface area contributed by atoms with Gasteiger partial charge in [-0.25, -0.2) is 0 Å². The largest absolute Gasteiger partial charge is 0.376 e. The van der Waals surface area contributed by atoms with E-state index in [0.29, 0.717) is 12.4 Å². The van der Waals surface area contributed by atoms with Crippen molar-refractivity contribution in [1.29, 1.82) is 5.41 Å². The van der Waals surface area contributed by atoms with Crippen LogP contribution in [0.1, 0.15) is 12.8 Å². The molecule has 1 saturated heterocycles. The Bertz CT molecular complexity index is 818. The first-order valence-electron chi connectivity index (χ1n) is 10.9. The van der Waals surface area contributed by atoms with Crippen LogP contribution in [0.15, 0.2) is 54.0 Å². The summed E-state index contributed by atoms with van der Waals surface area (Å²) in [6.45, 7) is 3.47. The Morgan fingerprint density at radius 3 is 2.68 bits per heavy atom. The summed E-state index contributed by atoms with van der Waals surface area (Å²) < 4.78 is 0. The van der Waals surface area contributed by atoms with E-state index < -0.39 is 0 Å². The highest BCUT2D eigenvalue weighted by Crippen LogP contribution is 2.22. The average molecular weight is 426 g/mol. The van der Waals surface area contributed by atoms with Gasteiger partial charge in [0, 0.05) is 51.2 Å². The zero-order valence-electron chi connectivity index (χ0n) is 18.8. The van der Waals surface area contributed by atoms with E-state index in [1.807, 2.05) is 62.5 Å². The number of piperidine rings is 1. The van der Waals surface area contributed by atoms with Gasteiger partial charge in [-0.15, -0.1) is 0 Å². The Labute approximate surface area is 185 Å². The fourth-order valence-electron chi connectivity index (χ4n) is 4.10. The molecule has 0 spiro atoms. The molecule has 4 N–H and O–H groups in total. The summed E-state index contributed by atoms with van der Waals surface area (Å²) in [7, 11) is 5.96. The van der Waals surface area contributed by atoms with Crippen LogP contribution in [0.5, 0.6) is 0 Å². The number of nitrogens with zero attached hydrogens (tertiary/aromatic N) is 3. The molecule has 3 rings (SSSR count). The van der Waals surface area contributed by atoms with E-state index in [2.05, 4.69) is 25.8 Å². The van der Waals surface area contributed by atoms with Crippen LogP contribution in [-0.4, -0.2) is 86.4 Å². The second-order valence-electron chi connectivity index (χ2n) is 8.22. The van der Waals surface area contributed by atoms with Crippen molar-refractivity contribution >= 4 is 17.4 Å². The molecule has 1 atom stereocenters. The molecular weight excluding hydrogens is 390 g/mol. The van der Waals surface area contributed by atoms with Crippen molar-refractivity contribution in [3.8, 4) is 0 Å². The molecule has 1 amide bonds. The summed E-state index contributed by atoms with van der Waals surface area (Å²) in [5, 5.41) is 17.6. The summed E-state index contributed by atoms with van der Waals surface area (Å²) in [5.41, 5.74) is 1.81. The second-order valence-corrected chi connectivity index (χ2v) is 8.22. The maximum Gasteiger partial charge on any atom is 0.242 e. The molecule has 8 nitrogen and oxygen atoms in total. The molecule has 0 saturated carbocycles. The van der Waals surface area contributed by atoms with Crippen LogP contribution in [0.2, 0.25) is 0 Å². The Morgan fingerprint density at radius 2 is 2.03 bits per heavy atom.